The topological polar surface area (TPSA) is 108 Å². The molecular weight excluding hydrogens is 480 g/mol. The summed E-state index contributed by atoms with van der Waals surface area (Å²) < 4.78 is 35.8. The number of hydrogen-bond donors (Lipinski definition) is 1. The van der Waals surface area contributed by atoms with Crippen LogP contribution in [0.25, 0.3) is 0 Å². The first-order valence-electron chi connectivity index (χ1n) is 11.4. The van der Waals surface area contributed by atoms with Crippen LogP contribution in [0.1, 0.15) is 23.6 Å². The first-order valence-corrected chi connectivity index (χ1v) is 12.4. The lowest BCUT2D eigenvalue weighted by Gasteiger charge is -2.33. The molecule has 0 aromatic heterocycles. The molecule has 0 bridgehead atoms. The standard InChI is InChI=1S/C27H30N2O6S/c1-19-9-7-8-12-25(19)29(36(32)33)20(2)26(30)28-24(17-21-13-15-23(34-3)16-14-21)27(31)35-18-22-10-5-4-6-11-22/h4-16,20,24H,17-18H2,1-3H3,(H,28,30)(H,32,33)/p-1/t20-,24-/m0/s1. The highest BCUT2D eigenvalue weighted by Gasteiger charge is 2.29. The fourth-order valence-electron chi connectivity index (χ4n) is 3.65. The third-order valence-electron chi connectivity index (χ3n) is 5.67. The van der Waals surface area contributed by atoms with E-state index in [1.54, 1.807) is 62.6 Å². The molecule has 0 saturated heterocycles. The van der Waals surface area contributed by atoms with Crippen molar-refractivity contribution in [2.45, 2.75) is 39.0 Å². The molecular formula is C27H29N2O6S-. The fraction of sp³-hybridized carbons (Fsp3) is 0.259. The van der Waals surface area contributed by atoms with Gasteiger partial charge in [0.05, 0.1) is 12.8 Å². The SMILES string of the molecule is COc1ccc(C[C@H](NC(=O)[C@H](C)N(c2ccccc2C)S(=O)[O-])C(=O)OCc2ccccc2)cc1. The van der Waals surface area contributed by atoms with Gasteiger partial charge in [-0.3, -0.25) is 13.3 Å². The number of ether oxygens (including phenoxy) is 2. The van der Waals surface area contributed by atoms with Crippen LogP contribution >= 0.6 is 0 Å². The van der Waals surface area contributed by atoms with E-state index in [0.717, 1.165) is 15.4 Å². The lowest BCUT2D eigenvalue weighted by Crippen LogP contribution is -2.52. The Bertz CT molecular complexity index is 1190. The van der Waals surface area contributed by atoms with Crippen molar-refractivity contribution in [1.82, 2.24) is 5.32 Å². The Hall–Kier alpha value is -3.69. The molecule has 0 aliphatic carbocycles. The van der Waals surface area contributed by atoms with Gasteiger partial charge in [-0.1, -0.05) is 60.7 Å². The molecule has 1 N–H and O–H groups in total. The second kappa shape index (κ2) is 12.9. The van der Waals surface area contributed by atoms with E-state index < -0.39 is 35.2 Å². The van der Waals surface area contributed by atoms with Crippen LogP contribution in [0, 0.1) is 6.92 Å². The van der Waals surface area contributed by atoms with Crippen LogP contribution in [-0.4, -0.2) is 39.8 Å². The predicted molar refractivity (Wildman–Crippen MR) is 137 cm³/mol. The van der Waals surface area contributed by atoms with Gasteiger partial charge in [0.1, 0.15) is 24.4 Å². The van der Waals surface area contributed by atoms with Gasteiger partial charge < -0.3 is 19.3 Å². The third kappa shape index (κ3) is 7.16. The van der Waals surface area contributed by atoms with Crippen molar-refractivity contribution >= 4 is 28.8 Å². The average Bonchev–Trinajstić information content (AvgIpc) is 2.88. The summed E-state index contributed by atoms with van der Waals surface area (Å²) in [6, 6.07) is 21.0. The summed E-state index contributed by atoms with van der Waals surface area (Å²) in [5, 5.41) is 2.69. The maximum Gasteiger partial charge on any atom is 0.329 e. The lowest BCUT2D eigenvalue weighted by molar-refractivity contribution is -0.149. The highest BCUT2D eigenvalue weighted by molar-refractivity contribution is 7.80. The largest absolute Gasteiger partial charge is 0.755 e. The number of amides is 1. The van der Waals surface area contributed by atoms with E-state index in [4.69, 9.17) is 9.47 Å². The number of para-hydroxylation sites is 1. The molecule has 0 aliphatic rings. The van der Waals surface area contributed by atoms with E-state index in [0.29, 0.717) is 17.0 Å². The molecule has 0 aliphatic heterocycles. The second-order valence-corrected chi connectivity index (χ2v) is 9.04. The van der Waals surface area contributed by atoms with Gasteiger partial charge in [0.15, 0.2) is 0 Å². The number of anilines is 1. The second-order valence-electron chi connectivity index (χ2n) is 8.21. The number of esters is 1. The Morgan fingerprint density at radius 3 is 2.22 bits per heavy atom. The first-order chi connectivity index (χ1) is 17.3. The molecule has 190 valence electrons. The molecule has 3 aromatic carbocycles. The van der Waals surface area contributed by atoms with Gasteiger partial charge in [-0.25, -0.2) is 4.79 Å². The number of nitrogens with one attached hydrogen (secondary N) is 1. The smallest absolute Gasteiger partial charge is 0.329 e. The summed E-state index contributed by atoms with van der Waals surface area (Å²) in [7, 11) is 1.56. The van der Waals surface area contributed by atoms with E-state index in [1.165, 1.54) is 6.92 Å². The number of carbonyl (C=O) groups excluding carboxylic acids is 2. The number of aryl methyl sites for hydroxylation is 1. The zero-order valence-electron chi connectivity index (χ0n) is 20.4. The fourth-order valence-corrected chi connectivity index (χ4v) is 4.37. The van der Waals surface area contributed by atoms with Gasteiger partial charge in [-0.05, 0) is 48.7 Å². The quantitative estimate of drug-likeness (QED) is 0.313. The van der Waals surface area contributed by atoms with Crippen LogP contribution in [0.5, 0.6) is 5.75 Å². The lowest BCUT2D eigenvalue weighted by atomic mass is 10.1. The third-order valence-corrected chi connectivity index (χ3v) is 6.50. The van der Waals surface area contributed by atoms with Crippen molar-refractivity contribution in [3.8, 4) is 5.75 Å². The van der Waals surface area contributed by atoms with Crippen LogP contribution in [0.2, 0.25) is 0 Å². The summed E-state index contributed by atoms with van der Waals surface area (Å²) in [4.78, 5) is 26.2. The minimum atomic E-state index is -2.72. The molecule has 0 heterocycles. The molecule has 0 fully saturated rings. The van der Waals surface area contributed by atoms with Gasteiger partial charge in [0, 0.05) is 17.7 Å². The number of benzene rings is 3. The van der Waals surface area contributed by atoms with Crippen molar-refractivity contribution in [2.24, 2.45) is 0 Å². The van der Waals surface area contributed by atoms with Crippen LogP contribution in [0.4, 0.5) is 5.69 Å². The number of nitrogens with zero attached hydrogens (tertiary/aromatic N) is 1. The van der Waals surface area contributed by atoms with Crippen LogP contribution in [-0.2, 0) is 38.6 Å². The van der Waals surface area contributed by atoms with Gasteiger partial charge in [0.25, 0.3) is 0 Å². The first kappa shape index (κ1) is 26.9. The highest BCUT2D eigenvalue weighted by atomic mass is 32.2. The normalized spacial score (nSPS) is 13.2. The van der Waals surface area contributed by atoms with Crippen molar-refractivity contribution in [3.05, 3.63) is 95.6 Å². The number of rotatable bonds is 11. The van der Waals surface area contributed by atoms with E-state index >= 15 is 0 Å². The maximum atomic E-state index is 13.2. The van der Waals surface area contributed by atoms with E-state index in [1.807, 2.05) is 30.3 Å². The van der Waals surface area contributed by atoms with Crippen LogP contribution < -0.4 is 14.4 Å². The van der Waals surface area contributed by atoms with E-state index in [-0.39, 0.29) is 13.0 Å². The number of hydrogen-bond acceptors (Lipinski definition) is 6. The van der Waals surface area contributed by atoms with Gasteiger partial charge in [-0.2, -0.15) is 0 Å². The molecule has 3 aromatic rings. The van der Waals surface area contributed by atoms with Gasteiger partial charge in [0.2, 0.25) is 5.91 Å². The molecule has 9 heteroatoms. The van der Waals surface area contributed by atoms with Crippen molar-refractivity contribution in [3.63, 3.8) is 0 Å². The monoisotopic (exact) mass is 509 g/mol. The van der Waals surface area contributed by atoms with Gasteiger partial charge in [-0.15, -0.1) is 0 Å². The Morgan fingerprint density at radius 2 is 1.61 bits per heavy atom. The molecule has 0 saturated carbocycles. The van der Waals surface area contributed by atoms with E-state index in [2.05, 4.69) is 5.32 Å². The minimum absolute atomic E-state index is 0.0458. The summed E-state index contributed by atoms with van der Waals surface area (Å²) in [6.07, 6.45) is 0.154. The highest BCUT2D eigenvalue weighted by Crippen LogP contribution is 2.23. The Balaban J connectivity index is 1.80. The molecule has 3 atom stereocenters. The summed E-state index contributed by atoms with van der Waals surface area (Å²) in [5.41, 5.74) is 2.65. The number of methoxy groups -OCH3 is 1. The number of carbonyl (C=O) groups is 2. The summed E-state index contributed by atoms with van der Waals surface area (Å²) in [6.45, 7) is 3.27. The summed E-state index contributed by atoms with van der Waals surface area (Å²) in [5.74, 6) is -0.593. The van der Waals surface area contributed by atoms with Crippen molar-refractivity contribution < 1.29 is 27.8 Å². The molecule has 1 amide bonds. The molecule has 36 heavy (non-hydrogen) atoms. The van der Waals surface area contributed by atoms with Crippen molar-refractivity contribution in [2.75, 3.05) is 11.4 Å². The Labute approximate surface area is 213 Å². The van der Waals surface area contributed by atoms with E-state index in [9.17, 15) is 18.4 Å². The zero-order chi connectivity index (χ0) is 26.1. The molecule has 0 radical (unpaired) electrons. The molecule has 1 unspecified atom stereocenters. The molecule has 3 rings (SSSR count). The van der Waals surface area contributed by atoms with Gasteiger partial charge >= 0.3 is 5.97 Å². The Kier molecular flexibility index (Phi) is 9.61. The Morgan fingerprint density at radius 1 is 0.972 bits per heavy atom. The predicted octanol–water partition coefficient (Wildman–Crippen LogP) is 3.46. The maximum absolute atomic E-state index is 13.2. The minimum Gasteiger partial charge on any atom is -0.755 e. The van der Waals surface area contributed by atoms with Crippen molar-refractivity contribution in [1.29, 1.82) is 0 Å². The molecule has 8 nitrogen and oxygen atoms in total. The summed E-state index contributed by atoms with van der Waals surface area (Å²) >= 11 is -2.72. The molecule has 0 spiro atoms. The van der Waals surface area contributed by atoms with Crippen LogP contribution in [0.15, 0.2) is 78.9 Å². The zero-order valence-corrected chi connectivity index (χ0v) is 21.2. The average molecular weight is 510 g/mol. The van der Waals surface area contributed by atoms with Crippen LogP contribution in [0.3, 0.4) is 0 Å².